The molecule has 22 nitrogen and oxygen atoms in total. The molecule has 4 atom stereocenters. The van der Waals surface area contributed by atoms with E-state index >= 15 is 4.39 Å². The molecule has 0 saturated carbocycles. The number of Topliss-reactive ketones (excluding diaryl/α,β-unsaturated/α-hetero) is 3. The van der Waals surface area contributed by atoms with Crippen LogP contribution in [0.5, 0.6) is 0 Å². The Morgan fingerprint density at radius 1 is 0.855 bits per heavy atom. The molecule has 0 radical (unpaired) electrons. The number of carbonyl (C=O) groups is 11. The number of ketones is 3. The van der Waals surface area contributed by atoms with Gasteiger partial charge in [-0.1, -0.05) is 37.3 Å². The smallest absolute Gasteiger partial charge is 0.343 e. The number of aryl methyl sites for hydroxylation is 1. The van der Waals surface area contributed by atoms with Crippen LogP contribution in [0.1, 0.15) is 137 Å². The first kappa shape index (κ1) is 60.5. The first-order chi connectivity index (χ1) is 39.3. The van der Waals surface area contributed by atoms with Gasteiger partial charge in [-0.05, 0) is 88.1 Å². The molecule has 83 heavy (non-hydrogen) atoms. The van der Waals surface area contributed by atoms with E-state index in [0.717, 1.165) is 28.2 Å². The lowest BCUT2D eigenvalue weighted by molar-refractivity contribution is -0.172. The van der Waals surface area contributed by atoms with Crippen molar-refractivity contribution in [2.45, 2.75) is 148 Å². The number of fused-ring (bicyclic) bond motifs is 5. The fraction of sp³-hybridized carbons (Fsp3) is 0.450. The Balaban J connectivity index is 0.838. The second-order valence-electron chi connectivity index (χ2n) is 22.3. The molecule has 23 heteroatoms. The van der Waals surface area contributed by atoms with Crippen LogP contribution >= 0.6 is 0 Å². The van der Waals surface area contributed by atoms with Gasteiger partial charge in [0.1, 0.15) is 18.0 Å². The molecule has 0 spiro atoms. The van der Waals surface area contributed by atoms with Gasteiger partial charge in [0, 0.05) is 85.7 Å². The molecule has 4 aliphatic rings. The molecule has 3 aliphatic heterocycles. The van der Waals surface area contributed by atoms with Gasteiger partial charge in [0.05, 0.1) is 60.6 Å². The summed E-state index contributed by atoms with van der Waals surface area (Å²) >= 11 is 0. The Kier molecular flexibility index (Phi) is 18.4. The summed E-state index contributed by atoms with van der Waals surface area (Å²) in [5.41, 5.74) is 1.02. The summed E-state index contributed by atoms with van der Waals surface area (Å²) in [5, 5.41) is 22.7. The molecule has 2 aromatic heterocycles. The zero-order valence-electron chi connectivity index (χ0n) is 46.8. The standard InChI is InChI=1S/C60H66FN7O15/c1-6-60(81)40-25-45-55-38(30-68(45)57(79)39(40)31-82-58(60)80)54-42(16-15-37-32(2)41(61)26-44(66-55)53(37)54)64-48(73)14-10-13-35(69)28-63-56(78)34(23-33-11-8-7-9-12-33)24-36(70)29-62-47(72)18-17-46(71)43(27-52(77)83-59(3,4)5)65-49(74)21-22-67-50(75)19-20-51(67)76/h7-9,11-12,19-20,25-26,34,42-43,81H,6,10,13-18,21-24,27-31H2,1-5H3,(H,62,72)(H,63,78)(H,64,73)(H,65,74)/t34-,42+,43+,60+/m1/s1. The Hall–Kier alpha value is -8.60. The van der Waals surface area contributed by atoms with E-state index in [1.807, 2.05) is 0 Å². The highest BCUT2D eigenvalue weighted by atomic mass is 19.1. The molecule has 0 fully saturated rings. The Bertz CT molecular complexity index is 3440. The number of hydrogen-bond acceptors (Lipinski definition) is 16. The Morgan fingerprint density at radius 3 is 2.27 bits per heavy atom. The average Bonchev–Trinajstić information content (AvgIpc) is 1.87. The lowest BCUT2D eigenvalue weighted by Gasteiger charge is -2.31. The van der Waals surface area contributed by atoms with Crippen LogP contribution in [0.25, 0.3) is 22.3 Å². The molecular formula is C60H66FN7O15. The van der Waals surface area contributed by atoms with Crippen molar-refractivity contribution in [2.75, 3.05) is 19.6 Å². The Morgan fingerprint density at radius 2 is 1.57 bits per heavy atom. The summed E-state index contributed by atoms with van der Waals surface area (Å²) in [5.74, 6) is -8.37. The summed E-state index contributed by atoms with van der Waals surface area (Å²) in [4.78, 5) is 162. The van der Waals surface area contributed by atoms with Crippen LogP contribution in [-0.4, -0.2) is 116 Å². The highest BCUT2D eigenvalue weighted by Crippen LogP contribution is 2.46. The summed E-state index contributed by atoms with van der Waals surface area (Å²) in [6, 6.07) is 9.71. The van der Waals surface area contributed by atoms with E-state index in [1.165, 1.54) is 10.6 Å². The number of ether oxygens (including phenoxy) is 2. The number of pyridine rings is 2. The van der Waals surface area contributed by atoms with Gasteiger partial charge in [0.2, 0.25) is 23.6 Å². The molecule has 0 unspecified atom stereocenters. The van der Waals surface area contributed by atoms with Crippen molar-refractivity contribution in [2.24, 2.45) is 5.92 Å². The van der Waals surface area contributed by atoms with E-state index in [0.29, 0.717) is 51.8 Å². The number of halogens is 1. The molecule has 5 heterocycles. The number of aromatic nitrogens is 2. The van der Waals surface area contributed by atoms with Crippen LogP contribution in [0.3, 0.4) is 0 Å². The van der Waals surface area contributed by atoms with Gasteiger partial charge in [-0.15, -0.1) is 0 Å². The van der Waals surface area contributed by atoms with E-state index in [1.54, 1.807) is 71.0 Å². The number of nitrogens with zero attached hydrogens (tertiary/aromatic N) is 3. The van der Waals surface area contributed by atoms with Crippen LogP contribution in [0, 0.1) is 18.7 Å². The summed E-state index contributed by atoms with van der Waals surface area (Å²) in [7, 11) is 0. The van der Waals surface area contributed by atoms with Gasteiger partial charge in [-0.2, -0.15) is 0 Å². The molecule has 0 saturated heterocycles. The fourth-order valence-corrected chi connectivity index (χ4v) is 11.0. The van der Waals surface area contributed by atoms with E-state index in [4.69, 9.17) is 14.5 Å². The number of imide groups is 1. The van der Waals surface area contributed by atoms with Crippen molar-refractivity contribution in [3.05, 3.63) is 110 Å². The van der Waals surface area contributed by atoms with Gasteiger partial charge < -0.3 is 40.4 Å². The van der Waals surface area contributed by atoms with Gasteiger partial charge >= 0.3 is 11.9 Å². The third-order valence-corrected chi connectivity index (χ3v) is 15.3. The molecule has 1 aliphatic carbocycles. The monoisotopic (exact) mass is 1140 g/mol. The fourth-order valence-electron chi connectivity index (χ4n) is 11.0. The first-order valence-electron chi connectivity index (χ1n) is 27.7. The van der Waals surface area contributed by atoms with Crippen molar-refractivity contribution in [1.82, 2.24) is 35.7 Å². The minimum Gasteiger partial charge on any atom is -0.460 e. The molecule has 438 valence electrons. The van der Waals surface area contributed by atoms with E-state index in [9.17, 15) is 62.6 Å². The number of cyclic esters (lactones) is 1. The lowest BCUT2D eigenvalue weighted by atomic mass is 9.81. The molecule has 8 rings (SSSR count). The minimum atomic E-state index is -2.06. The third kappa shape index (κ3) is 13.8. The Labute approximate surface area is 476 Å². The van der Waals surface area contributed by atoms with E-state index in [2.05, 4.69) is 21.3 Å². The van der Waals surface area contributed by atoms with E-state index < -0.39 is 126 Å². The van der Waals surface area contributed by atoms with Crippen LogP contribution in [0.15, 0.2) is 59.4 Å². The number of aliphatic hydroxyl groups is 1. The maximum atomic E-state index is 15.4. The maximum absolute atomic E-state index is 15.4. The van der Waals surface area contributed by atoms with Crippen LogP contribution in [0.4, 0.5) is 4.39 Å². The molecule has 0 bridgehead atoms. The second-order valence-corrected chi connectivity index (χ2v) is 22.3. The predicted molar refractivity (Wildman–Crippen MR) is 294 cm³/mol. The number of carbonyl (C=O) groups excluding carboxylic acids is 11. The number of hydrogen-bond donors (Lipinski definition) is 5. The minimum absolute atomic E-state index is 0.0541. The van der Waals surface area contributed by atoms with Crippen LogP contribution < -0.4 is 26.8 Å². The van der Waals surface area contributed by atoms with Gasteiger partial charge in [-0.25, -0.2) is 14.2 Å². The van der Waals surface area contributed by atoms with Crippen molar-refractivity contribution in [1.29, 1.82) is 0 Å². The van der Waals surface area contributed by atoms with Crippen LogP contribution in [-0.2, 0) is 93.8 Å². The summed E-state index contributed by atoms with van der Waals surface area (Å²) < 4.78 is 27.5. The molecule has 2 aromatic carbocycles. The normalized spacial score (nSPS) is 17.4. The summed E-state index contributed by atoms with van der Waals surface area (Å²) in [6.07, 6.45) is 0.772. The number of nitrogens with one attached hydrogen (secondary N) is 4. The van der Waals surface area contributed by atoms with Crippen molar-refractivity contribution < 1.29 is 71.7 Å². The average molecular weight is 1140 g/mol. The second kappa shape index (κ2) is 25.3. The maximum Gasteiger partial charge on any atom is 0.343 e. The first-order valence-corrected chi connectivity index (χ1v) is 27.7. The molecule has 6 amide bonds. The number of rotatable bonds is 25. The van der Waals surface area contributed by atoms with Crippen LogP contribution in [0.2, 0.25) is 0 Å². The SMILES string of the molecule is CC[C@@]1(O)C(=O)OCc2c1cc1n(c2=O)Cc2c-1nc1cc(F)c(C)c3c1c2[C@@H](NC(=O)CCCC(=O)CNC(=O)[C@@H](CC(=O)CNC(=O)CCC(=O)[C@H](CC(=O)OC(C)(C)C)NC(=O)CCN1C(=O)C=CC1=O)Cc1ccccc1)CC3. The van der Waals surface area contributed by atoms with Gasteiger partial charge in [0.25, 0.3) is 17.4 Å². The zero-order valence-corrected chi connectivity index (χ0v) is 46.8. The third-order valence-electron chi connectivity index (χ3n) is 15.3. The molecule has 4 aromatic rings. The summed E-state index contributed by atoms with van der Waals surface area (Å²) in [6.45, 7) is 6.67. The van der Waals surface area contributed by atoms with Gasteiger partial charge in [-0.3, -0.25) is 57.6 Å². The zero-order chi connectivity index (χ0) is 60.1. The van der Waals surface area contributed by atoms with Gasteiger partial charge in [0.15, 0.2) is 23.0 Å². The predicted octanol–water partition coefficient (Wildman–Crippen LogP) is 3.30. The molecule has 5 N–H and O–H groups in total. The lowest BCUT2D eigenvalue weighted by Crippen LogP contribution is -2.45. The highest BCUT2D eigenvalue weighted by Gasteiger charge is 2.46. The quantitative estimate of drug-likeness (QED) is 0.0414. The highest BCUT2D eigenvalue weighted by molar-refractivity contribution is 6.13. The molecular weight excluding hydrogens is 1080 g/mol. The topological polar surface area (TPSA) is 313 Å². The number of amides is 6. The number of benzene rings is 2. The van der Waals surface area contributed by atoms with Crippen molar-refractivity contribution in [3.63, 3.8) is 0 Å². The van der Waals surface area contributed by atoms with E-state index in [-0.39, 0.29) is 87.5 Å². The van der Waals surface area contributed by atoms with Crippen molar-refractivity contribution in [3.8, 4) is 11.4 Å². The largest absolute Gasteiger partial charge is 0.460 e. The number of esters is 2. The van der Waals surface area contributed by atoms with Crippen molar-refractivity contribution >= 4 is 75.6 Å².